The van der Waals surface area contributed by atoms with Crippen molar-refractivity contribution in [2.45, 2.75) is 32.2 Å². The number of hydrogen-bond donors (Lipinski definition) is 1. The quantitative estimate of drug-likeness (QED) is 0.728. The molecule has 0 aliphatic heterocycles. The minimum atomic E-state index is -3.40. The number of hydrogen-bond acceptors (Lipinski definition) is 3. The third kappa shape index (κ3) is 3.17. The van der Waals surface area contributed by atoms with Crippen LogP contribution < -0.4 is 0 Å². The van der Waals surface area contributed by atoms with Crippen molar-refractivity contribution in [1.29, 1.82) is 0 Å². The molecule has 1 N–H and O–H groups in total. The lowest BCUT2D eigenvalue weighted by atomic mass is 10.2. The lowest BCUT2D eigenvalue weighted by Gasteiger charge is -2.22. The van der Waals surface area contributed by atoms with Crippen molar-refractivity contribution in [2.75, 3.05) is 12.8 Å². The summed E-state index contributed by atoms with van der Waals surface area (Å²) in [4.78, 5) is 10.8. The van der Waals surface area contributed by atoms with Crippen LogP contribution in [0.4, 0.5) is 0 Å². The lowest BCUT2D eigenvalue weighted by Crippen LogP contribution is -2.43. The Bertz CT molecular complexity index is 334. The molecule has 1 rings (SSSR count). The Balaban J connectivity index is 2.71. The molecule has 15 heavy (non-hydrogen) atoms. The molecule has 0 heterocycles. The maximum Gasteiger partial charge on any atom is 0.321 e. The predicted octanol–water partition coefficient (Wildman–Crippen LogP) is 0.521. The van der Waals surface area contributed by atoms with Gasteiger partial charge in [0.15, 0.2) is 0 Å². The number of nitrogens with zero attached hydrogens (tertiary/aromatic N) is 1. The molecule has 1 unspecified atom stereocenters. The van der Waals surface area contributed by atoms with Crippen molar-refractivity contribution in [3.8, 4) is 0 Å². The summed E-state index contributed by atoms with van der Waals surface area (Å²) in [6, 6.07) is -0.936. The van der Waals surface area contributed by atoms with Gasteiger partial charge in [0.05, 0.1) is 5.75 Å². The van der Waals surface area contributed by atoms with Crippen LogP contribution in [-0.4, -0.2) is 42.6 Å². The molecule has 0 radical (unpaired) electrons. The van der Waals surface area contributed by atoms with E-state index in [1.165, 1.54) is 7.05 Å². The first kappa shape index (κ1) is 12.4. The average molecular weight is 235 g/mol. The van der Waals surface area contributed by atoms with Crippen molar-refractivity contribution >= 4 is 16.0 Å². The first-order chi connectivity index (χ1) is 6.88. The molecular formula is C9H17NO4S. The highest BCUT2D eigenvalue weighted by atomic mass is 32.2. The van der Waals surface area contributed by atoms with Crippen molar-refractivity contribution in [3.63, 3.8) is 0 Å². The molecule has 1 atom stereocenters. The maximum absolute atomic E-state index is 11.7. The molecule has 5 nitrogen and oxygen atoms in total. The van der Waals surface area contributed by atoms with E-state index < -0.39 is 22.0 Å². The predicted molar refractivity (Wildman–Crippen MR) is 56.0 cm³/mol. The minimum absolute atomic E-state index is 0.0906. The zero-order valence-electron chi connectivity index (χ0n) is 9.01. The van der Waals surface area contributed by atoms with Gasteiger partial charge in [0.1, 0.15) is 6.04 Å². The van der Waals surface area contributed by atoms with Gasteiger partial charge in [-0.2, -0.15) is 4.31 Å². The molecule has 1 aliphatic rings. The first-order valence-electron chi connectivity index (χ1n) is 5.07. The van der Waals surface area contributed by atoms with Gasteiger partial charge in [0, 0.05) is 7.05 Å². The van der Waals surface area contributed by atoms with E-state index in [0.29, 0.717) is 0 Å². The molecule has 0 saturated heterocycles. The largest absolute Gasteiger partial charge is 0.480 e. The summed E-state index contributed by atoms with van der Waals surface area (Å²) >= 11 is 0. The van der Waals surface area contributed by atoms with Crippen molar-refractivity contribution in [2.24, 2.45) is 5.92 Å². The Hall–Kier alpha value is -0.620. The number of sulfonamides is 1. The number of carbonyl (C=O) groups is 1. The van der Waals surface area contributed by atoms with E-state index in [9.17, 15) is 13.2 Å². The van der Waals surface area contributed by atoms with Crippen LogP contribution in [0.3, 0.4) is 0 Å². The Morgan fingerprint density at radius 2 is 2.07 bits per heavy atom. The van der Waals surface area contributed by atoms with Gasteiger partial charge in [-0.3, -0.25) is 4.79 Å². The van der Waals surface area contributed by atoms with Crippen molar-refractivity contribution in [3.05, 3.63) is 0 Å². The van der Waals surface area contributed by atoms with E-state index >= 15 is 0 Å². The normalized spacial score (nSPS) is 19.1. The molecule has 1 fully saturated rings. The zero-order valence-corrected chi connectivity index (χ0v) is 9.83. The van der Waals surface area contributed by atoms with Crippen molar-refractivity contribution < 1.29 is 18.3 Å². The summed E-state index contributed by atoms with van der Waals surface area (Å²) in [5.74, 6) is -0.754. The van der Waals surface area contributed by atoms with Crippen LogP contribution >= 0.6 is 0 Å². The number of rotatable bonds is 6. The fourth-order valence-electron chi connectivity index (χ4n) is 1.48. The maximum atomic E-state index is 11.7. The van der Waals surface area contributed by atoms with E-state index in [2.05, 4.69) is 0 Å². The summed E-state index contributed by atoms with van der Waals surface area (Å²) in [7, 11) is -2.05. The average Bonchev–Trinajstić information content (AvgIpc) is 2.87. The van der Waals surface area contributed by atoms with Gasteiger partial charge in [-0.1, -0.05) is 6.92 Å². The second-order valence-electron chi connectivity index (χ2n) is 4.00. The van der Waals surface area contributed by atoms with E-state index in [0.717, 1.165) is 17.1 Å². The Morgan fingerprint density at radius 1 is 1.53 bits per heavy atom. The van der Waals surface area contributed by atoms with Gasteiger partial charge < -0.3 is 5.11 Å². The molecule has 0 aromatic heterocycles. The lowest BCUT2D eigenvalue weighted by molar-refractivity contribution is -0.141. The van der Waals surface area contributed by atoms with Crippen molar-refractivity contribution in [1.82, 2.24) is 4.31 Å². The molecule has 88 valence electrons. The molecular weight excluding hydrogens is 218 g/mol. The number of likely N-dealkylation sites (N-methyl/N-ethyl adjacent to an activating group) is 1. The monoisotopic (exact) mass is 235 g/mol. The van der Waals surface area contributed by atoms with E-state index in [1.807, 2.05) is 0 Å². The van der Waals surface area contributed by atoms with Gasteiger partial charge in [-0.05, 0) is 25.2 Å². The van der Waals surface area contributed by atoms with E-state index in [4.69, 9.17) is 5.11 Å². The zero-order chi connectivity index (χ0) is 11.6. The molecule has 0 aromatic rings. The second kappa shape index (κ2) is 4.49. The Kier molecular flexibility index (Phi) is 3.72. The molecule has 0 amide bonds. The highest BCUT2D eigenvalue weighted by molar-refractivity contribution is 7.89. The molecule has 0 bridgehead atoms. The SMILES string of the molecule is CCC(C(=O)O)N(C)S(=O)(=O)CC1CC1. The number of aliphatic carboxylic acids is 1. The van der Waals surface area contributed by atoms with Gasteiger partial charge in [0.2, 0.25) is 10.0 Å². The fraction of sp³-hybridized carbons (Fsp3) is 0.889. The van der Waals surface area contributed by atoms with Gasteiger partial charge in [-0.15, -0.1) is 0 Å². The van der Waals surface area contributed by atoms with Crippen LogP contribution in [0.25, 0.3) is 0 Å². The van der Waals surface area contributed by atoms with Gasteiger partial charge in [0.25, 0.3) is 0 Å². The summed E-state index contributed by atoms with van der Waals surface area (Å²) in [5.41, 5.74) is 0. The van der Waals surface area contributed by atoms with Crippen LogP contribution in [-0.2, 0) is 14.8 Å². The molecule has 6 heteroatoms. The first-order valence-corrected chi connectivity index (χ1v) is 6.68. The van der Waals surface area contributed by atoms with Gasteiger partial charge >= 0.3 is 5.97 Å². The fourth-order valence-corrected chi connectivity index (χ4v) is 3.27. The van der Waals surface area contributed by atoms with E-state index in [1.54, 1.807) is 6.92 Å². The van der Waals surface area contributed by atoms with Crippen LogP contribution in [0.1, 0.15) is 26.2 Å². The third-order valence-corrected chi connectivity index (χ3v) is 4.72. The minimum Gasteiger partial charge on any atom is -0.480 e. The topological polar surface area (TPSA) is 74.7 Å². The highest BCUT2D eigenvalue weighted by Crippen LogP contribution is 2.31. The molecule has 0 aromatic carbocycles. The standard InChI is InChI=1S/C9H17NO4S/c1-3-8(9(11)12)10(2)15(13,14)6-7-4-5-7/h7-8H,3-6H2,1-2H3,(H,11,12). The van der Waals surface area contributed by atoms with Gasteiger partial charge in [-0.25, -0.2) is 8.42 Å². The molecule has 0 spiro atoms. The second-order valence-corrected chi connectivity index (χ2v) is 6.07. The van der Waals surface area contributed by atoms with Crippen LogP contribution in [0, 0.1) is 5.92 Å². The molecule has 1 aliphatic carbocycles. The number of carboxylic acid groups (broad SMARTS) is 1. The number of carboxylic acids is 1. The summed E-state index contributed by atoms with van der Waals surface area (Å²) in [6.07, 6.45) is 2.17. The Morgan fingerprint density at radius 3 is 2.40 bits per heavy atom. The van der Waals surface area contributed by atoms with E-state index in [-0.39, 0.29) is 18.1 Å². The summed E-state index contributed by atoms with van der Waals surface area (Å²) < 4.78 is 24.5. The smallest absolute Gasteiger partial charge is 0.321 e. The summed E-state index contributed by atoms with van der Waals surface area (Å²) in [5, 5.41) is 8.85. The van der Waals surface area contributed by atoms with Crippen LogP contribution in [0.15, 0.2) is 0 Å². The molecule has 1 saturated carbocycles. The summed E-state index contributed by atoms with van der Waals surface area (Å²) in [6.45, 7) is 1.67. The third-order valence-electron chi connectivity index (χ3n) is 2.69. The van der Waals surface area contributed by atoms with Crippen LogP contribution in [0.5, 0.6) is 0 Å². The van der Waals surface area contributed by atoms with Crippen LogP contribution in [0.2, 0.25) is 0 Å². The highest BCUT2D eigenvalue weighted by Gasteiger charge is 2.35. The Labute approximate surface area is 90.1 Å².